The molecule has 0 spiro atoms. The van der Waals surface area contributed by atoms with Crippen molar-refractivity contribution in [3.63, 3.8) is 0 Å². The molecule has 3 N–H and O–H groups in total. The summed E-state index contributed by atoms with van der Waals surface area (Å²) in [6.07, 6.45) is 0. The topological polar surface area (TPSA) is 55.1 Å². The van der Waals surface area contributed by atoms with Gasteiger partial charge in [0.25, 0.3) is 0 Å². The first-order valence-corrected chi connectivity index (χ1v) is 5.85. The molecule has 3 heteroatoms. The Morgan fingerprint density at radius 2 is 1.88 bits per heavy atom. The maximum atomic E-state index is 12.0. The van der Waals surface area contributed by atoms with E-state index in [2.05, 4.69) is 5.32 Å². The molecule has 3 nitrogen and oxygen atoms in total. The van der Waals surface area contributed by atoms with E-state index >= 15 is 0 Å². The Bertz CT molecular complexity index is 419. The van der Waals surface area contributed by atoms with Crippen molar-refractivity contribution >= 4 is 11.6 Å². The fraction of sp³-hybridized carbons (Fsp3) is 0.500. The molecule has 0 fully saturated rings. The number of benzene rings is 1. The molecule has 0 aromatic heterocycles. The van der Waals surface area contributed by atoms with Crippen LogP contribution in [0.25, 0.3) is 0 Å². The minimum atomic E-state index is -0.512. The lowest BCUT2D eigenvalue weighted by Gasteiger charge is -2.26. The first kappa shape index (κ1) is 13.7. The number of nitrogens with two attached hydrogens (primary N) is 1. The van der Waals surface area contributed by atoms with E-state index in [1.54, 1.807) is 0 Å². The van der Waals surface area contributed by atoms with E-state index in [4.69, 9.17) is 5.73 Å². The van der Waals surface area contributed by atoms with Gasteiger partial charge in [0.15, 0.2) is 0 Å². The molecule has 0 unspecified atom stereocenters. The first-order chi connectivity index (χ1) is 7.71. The molecule has 0 aliphatic heterocycles. The van der Waals surface area contributed by atoms with Crippen LogP contribution in [0.2, 0.25) is 0 Å². The average Bonchev–Trinajstić information content (AvgIpc) is 2.21. The molecule has 1 aromatic carbocycles. The van der Waals surface area contributed by atoms with Crippen molar-refractivity contribution < 1.29 is 4.79 Å². The Hall–Kier alpha value is -1.35. The van der Waals surface area contributed by atoms with Gasteiger partial charge in [-0.15, -0.1) is 0 Å². The minimum absolute atomic E-state index is 0.133. The zero-order valence-electron chi connectivity index (χ0n) is 11.3. The number of carbonyl (C=O) groups is 1. The van der Waals surface area contributed by atoms with Crippen molar-refractivity contribution in [3.05, 3.63) is 29.3 Å². The maximum Gasteiger partial charge on any atom is 0.241 e. The smallest absolute Gasteiger partial charge is 0.241 e. The van der Waals surface area contributed by atoms with Gasteiger partial charge in [0.05, 0.1) is 6.04 Å². The summed E-state index contributed by atoms with van der Waals surface area (Å²) in [6.45, 7) is 9.84. The Morgan fingerprint density at radius 1 is 1.29 bits per heavy atom. The van der Waals surface area contributed by atoms with Crippen molar-refractivity contribution in [2.75, 3.05) is 5.32 Å². The van der Waals surface area contributed by atoms with E-state index in [0.29, 0.717) is 0 Å². The molecule has 0 saturated heterocycles. The summed E-state index contributed by atoms with van der Waals surface area (Å²) in [7, 11) is 0. The lowest BCUT2D eigenvalue weighted by Crippen LogP contribution is -2.45. The molecule has 1 atom stereocenters. The van der Waals surface area contributed by atoms with Crippen LogP contribution in [-0.2, 0) is 4.79 Å². The second-order valence-electron chi connectivity index (χ2n) is 5.65. The van der Waals surface area contributed by atoms with Crippen LogP contribution in [0.4, 0.5) is 5.69 Å². The van der Waals surface area contributed by atoms with Gasteiger partial charge in [0, 0.05) is 5.69 Å². The van der Waals surface area contributed by atoms with Gasteiger partial charge in [-0.1, -0.05) is 32.9 Å². The zero-order chi connectivity index (χ0) is 13.2. The summed E-state index contributed by atoms with van der Waals surface area (Å²) >= 11 is 0. The number of carbonyl (C=O) groups excluding carboxylic acids is 1. The number of amides is 1. The molecule has 17 heavy (non-hydrogen) atoms. The molecular formula is C14H22N2O. The SMILES string of the molecule is Cc1ccc(C)c(NC(=O)[C@H](N)C(C)(C)C)c1. The average molecular weight is 234 g/mol. The highest BCUT2D eigenvalue weighted by atomic mass is 16.2. The van der Waals surface area contributed by atoms with Crippen LogP contribution in [0.5, 0.6) is 0 Å². The largest absolute Gasteiger partial charge is 0.324 e. The van der Waals surface area contributed by atoms with Crippen molar-refractivity contribution in [3.8, 4) is 0 Å². The lowest BCUT2D eigenvalue weighted by molar-refractivity contribution is -0.119. The number of aryl methyl sites for hydroxylation is 2. The number of rotatable bonds is 2. The summed E-state index contributed by atoms with van der Waals surface area (Å²) in [5.41, 5.74) is 8.69. The molecule has 0 bridgehead atoms. The van der Waals surface area contributed by atoms with Crippen LogP contribution in [0.1, 0.15) is 31.9 Å². The Labute approximate surface area is 103 Å². The van der Waals surface area contributed by atoms with Gasteiger partial charge in [-0.05, 0) is 36.5 Å². The van der Waals surface area contributed by atoms with E-state index in [0.717, 1.165) is 16.8 Å². The normalized spacial score (nSPS) is 13.3. The van der Waals surface area contributed by atoms with Gasteiger partial charge in [0.1, 0.15) is 0 Å². The summed E-state index contributed by atoms with van der Waals surface area (Å²) in [5.74, 6) is -0.133. The molecule has 94 valence electrons. The Balaban J connectivity index is 2.85. The summed E-state index contributed by atoms with van der Waals surface area (Å²) in [4.78, 5) is 12.0. The van der Waals surface area contributed by atoms with Crippen molar-refractivity contribution in [1.82, 2.24) is 0 Å². The highest BCUT2D eigenvalue weighted by Gasteiger charge is 2.27. The lowest BCUT2D eigenvalue weighted by atomic mass is 9.87. The second-order valence-corrected chi connectivity index (χ2v) is 5.65. The van der Waals surface area contributed by atoms with Crippen LogP contribution < -0.4 is 11.1 Å². The third kappa shape index (κ3) is 3.56. The van der Waals surface area contributed by atoms with Crippen LogP contribution in [-0.4, -0.2) is 11.9 Å². The maximum absolute atomic E-state index is 12.0. The standard InChI is InChI=1S/C14H22N2O/c1-9-6-7-10(2)11(8-9)16-13(17)12(15)14(3,4)5/h6-8,12H,15H2,1-5H3,(H,16,17)/t12-/m0/s1. The summed E-state index contributed by atoms with van der Waals surface area (Å²) in [5, 5.41) is 2.89. The molecule has 0 aliphatic rings. The van der Waals surface area contributed by atoms with Gasteiger partial charge < -0.3 is 11.1 Å². The Kier molecular flexibility index (Phi) is 3.94. The number of anilines is 1. The summed E-state index contributed by atoms with van der Waals surface area (Å²) < 4.78 is 0. The Morgan fingerprint density at radius 3 is 2.41 bits per heavy atom. The molecular weight excluding hydrogens is 212 g/mol. The fourth-order valence-corrected chi connectivity index (χ4v) is 1.47. The van der Waals surface area contributed by atoms with E-state index in [1.807, 2.05) is 52.8 Å². The molecule has 1 rings (SSSR count). The number of hydrogen-bond acceptors (Lipinski definition) is 2. The molecule has 0 saturated carbocycles. The third-order valence-corrected chi connectivity index (χ3v) is 2.87. The third-order valence-electron chi connectivity index (χ3n) is 2.87. The van der Waals surface area contributed by atoms with Crippen molar-refractivity contribution in [2.24, 2.45) is 11.1 Å². The summed E-state index contributed by atoms with van der Waals surface area (Å²) in [6, 6.07) is 5.47. The van der Waals surface area contributed by atoms with Gasteiger partial charge in [0.2, 0.25) is 5.91 Å². The van der Waals surface area contributed by atoms with Crippen molar-refractivity contribution in [1.29, 1.82) is 0 Å². The van der Waals surface area contributed by atoms with Crippen LogP contribution in [0, 0.1) is 19.3 Å². The van der Waals surface area contributed by atoms with E-state index in [-0.39, 0.29) is 11.3 Å². The predicted octanol–water partition coefficient (Wildman–Crippen LogP) is 2.62. The van der Waals surface area contributed by atoms with E-state index in [1.165, 1.54) is 0 Å². The number of nitrogens with one attached hydrogen (secondary N) is 1. The van der Waals surface area contributed by atoms with Gasteiger partial charge in [-0.2, -0.15) is 0 Å². The van der Waals surface area contributed by atoms with Crippen molar-refractivity contribution in [2.45, 2.75) is 40.7 Å². The number of hydrogen-bond donors (Lipinski definition) is 2. The highest BCUT2D eigenvalue weighted by Crippen LogP contribution is 2.21. The molecule has 0 radical (unpaired) electrons. The predicted molar refractivity (Wildman–Crippen MR) is 72.0 cm³/mol. The van der Waals surface area contributed by atoms with Crippen LogP contribution in [0.3, 0.4) is 0 Å². The molecule has 1 amide bonds. The van der Waals surface area contributed by atoms with E-state index < -0.39 is 6.04 Å². The van der Waals surface area contributed by atoms with E-state index in [9.17, 15) is 4.79 Å². The second kappa shape index (κ2) is 4.88. The fourth-order valence-electron chi connectivity index (χ4n) is 1.47. The first-order valence-electron chi connectivity index (χ1n) is 5.85. The van der Waals surface area contributed by atoms with Gasteiger partial charge in [-0.3, -0.25) is 4.79 Å². The zero-order valence-corrected chi connectivity index (χ0v) is 11.3. The van der Waals surface area contributed by atoms with Crippen LogP contribution in [0.15, 0.2) is 18.2 Å². The van der Waals surface area contributed by atoms with Gasteiger partial charge >= 0.3 is 0 Å². The monoisotopic (exact) mass is 234 g/mol. The molecule has 1 aromatic rings. The van der Waals surface area contributed by atoms with Crippen LogP contribution >= 0.6 is 0 Å². The quantitative estimate of drug-likeness (QED) is 0.826. The molecule has 0 aliphatic carbocycles. The van der Waals surface area contributed by atoms with Gasteiger partial charge in [-0.25, -0.2) is 0 Å². The minimum Gasteiger partial charge on any atom is -0.324 e. The molecule has 0 heterocycles. The highest BCUT2D eigenvalue weighted by molar-refractivity contribution is 5.95.